The monoisotopic (exact) mass is 370 g/mol. The smallest absolute Gasteiger partial charge is 0.338 e. The lowest BCUT2D eigenvalue weighted by molar-refractivity contribution is -0.0248. The van der Waals surface area contributed by atoms with Gasteiger partial charge in [-0.15, -0.1) is 0 Å². The molecular formula is C19H30O7. The molecule has 7 nitrogen and oxygen atoms in total. The molecule has 0 aromatic heterocycles. The Morgan fingerprint density at radius 2 is 1.69 bits per heavy atom. The summed E-state index contributed by atoms with van der Waals surface area (Å²) in [4.78, 5) is 12.1. The Kier molecular flexibility index (Phi) is 11.4. The number of aliphatic hydroxyl groups excluding tert-OH is 1. The highest BCUT2D eigenvalue weighted by Gasteiger charge is 2.14. The van der Waals surface area contributed by atoms with Gasteiger partial charge < -0.3 is 28.8 Å². The van der Waals surface area contributed by atoms with Gasteiger partial charge in [0.15, 0.2) is 17.8 Å². The number of methoxy groups -OCH3 is 1. The zero-order valence-electron chi connectivity index (χ0n) is 15.9. The number of benzene rings is 1. The van der Waals surface area contributed by atoms with E-state index in [-0.39, 0.29) is 6.61 Å². The predicted molar refractivity (Wildman–Crippen MR) is 96.7 cm³/mol. The topological polar surface area (TPSA) is 83.5 Å². The van der Waals surface area contributed by atoms with Gasteiger partial charge in [-0.3, -0.25) is 0 Å². The second-order valence-electron chi connectivity index (χ2n) is 5.59. The van der Waals surface area contributed by atoms with Crippen LogP contribution in [-0.4, -0.2) is 57.5 Å². The van der Waals surface area contributed by atoms with Gasteiger partial charge in [0.1, 0.15) is 6.61 Å². The normalized spacial score (nSPS) is 11.8. The molecular weight excluding hydrogens is 340 g/mol. The molecule has 1 aromatic carbocycles. The first kappa shape index (κ1) is 22.2. The highest BCUT2D eigenvalue weighted by molar-refractivity contribution is 5.90. The van der Waals surface area contributed by atoms with Crippen molar-refractivity contribution >= 4 is 5.97 Å². The summed E-state index contributed by atoms with van der Waals surface area (Å²) in [5.41, 5.74) is 0.338. The van der Waals surface area contributed by atoms with E-state index in [1.165, 1.54) is 13.2 Å². The Morgan fingerprint density at radius 3 is 2.35 bits per heavy atom. The molecule has 0 saturated heterocycles. The molecule has 0 aliphatic rings. The average molecular weight is 370 g/mol. The summed E-state index contributed by atoms with van der Waals surface area (Å²) >= 11 is 0. The van der Waals surface area contributed by atoms with Gasteiger partial charge in [0.2, 0.25) is 0 Å². The molecule has 1 N–H and O–H groups in total. The summed E-state index contributed by atoms with van der Waals surface area (Å²) in [5, 5.41) is 9.74. The van der Waals surface area contributed by atoms with E-state index in [9.17, 15) is 9.90 Å². The maximum atomic E-state index is 12.1. The molecule has 0 amide bonds. The molecule has 0 saturated carbocycles. The van der Waals surface area contributed by atoms with Crippen molar-refractivity contribution in [3.8, 4) is 11.5 Å². The summed E-state index contributed by atoms with van der Waals surface area (Å²) < 4.78 is 26.4. The minimum atomic E-state index is -0.912. The molecule has 1 aromatic rings. The van der Waals surface area contributed by atoms with Crippen molar-refractivity contribution in [3.05, 3.63) is 23.8 Å². The summed E-state index contributed by atoms with van der Waals surface area (Å²) in [6.45, 7) is 6.18. The van der Waals surface area contributed by atoms with Gasteiger partial charge in [0, 0.05) is 13.0 Å². The second-order valence-corrected chi connectivity index (χ2v) is 5.59. The quantitative estimate of drug-likeness (QED) is 0.306. The van der Waals surface area contributed by atoms with Gasteiger partial charge >= 0.3 is 5.97 Å². The first-order valence-electron chi connectivity index (χ1n) is 8.97. The molecule has 0 aliphatic carbocycles. The zero-order valence-corrected chi connectivity index (χ0v) is 15.9. The van der Waals surface area contributed by atoms with Crippen molar-refractivity contribution in [1.29, 1.82) is 0 Å². The molecule has 7 heteroatoms. The van der Waals surface area contributed by atoms with Crippen molar-refractivity contribution in [2.45, 2.75) is 39.4 Å². The van der Waals surface area contributed by atoms with Crippen molar-refractivity contribution < 1.29 is 33.6 Å². The van der Waals surface area contributed by atoms with Crippen molar-refractivity contribution in [3.63, 3.8) is 0 Å². The number of ether oxygens (including phenoxy) is 5. The lowest BCUT2D eigenvalue weighted by Gasteiger charge is -2.16. The minimum Gasteiger partial charge on any atom is -0.493 e. The molecule has 148 valence electrons. The van der Waals surface area contributed by atoms with Crippen LogP contribution in [0.25, 0.3) is 0 Å². The summed E-state index contributed by atoms with van der Waals surface area (Å²) in [5.74, 6) is 0.258. The molecule has 1 rings (SSSR count). The summed E-state index contributed by atoms with van der Waals surface area (Å²) in [6.07, 6.45) is 1.37. The van der Waals surface area contributed by atoms with Gasteiger partial charge in [-0.05, 0) is 24.6 Å². The molecule has 0 heterocycles. The Labute approximate surface area is 155 Å². The van der Waals surface area contributed by atoms with Crippen LogP contribution in [0.15, 0.2) is 18.2 Å². The van der Waals surface area contributed by atoms with E-state index in [1.54, 1.807) is 12.1 Å². The summed E-state index contributed by atoms with van der Waals surface area (Å²) in [7, 11) is 1.47. The number of carbonyl (C=O) groups is 1. The maximum Gasteiger partial charge on any atom is 0.338 e. The molecule has 0 spiro atoms. The van der Waals surface area contributed by atoms with E-state index in [0.717, 1.165) is 19.4 Å². The van der Waals surface area contributed by atoms with Crippen LogP contribution in [0.3, 0.4) is 0 Å². The third-order valence-electron chi connectivity index (χ3n) is 3.38. The zero-order chi connectivity index (χ0) is 19.2. The number of carbonyl (C=O) groups excluding carboxylic acids is 1. The van der Waals surface area contributed by atoms with Crippen LogP contribution < -0.4 is 9.47 Å². The molecule has 0 fully saturated rings. The molecule has 0 radical (unpaired) electrons. The second kappa shape index (κ2) is 13.4. The number of hydrogen-bond acceptors (Lipinski definition) is 7. The fourth-order valence-electron chi connectivity index (χ4n) is 2.09. The largest absolute Gasteiger partial charge is 0.493 e. The molecule has 0 aliphatic heterocycles. The van der Waals surface area contributed by atoms with Crippen LogP contribution in [0, 0.1) is 0 Å². The Bertz CT molecular complexity index is 519. The molecule has 26 heavy (non-hydrogen) atoms. The average Bonchev–Trinajstić information content (AvgIpc) is 2.64. The van der Waals surface area contributed by atoms with E-state index in [0.29, 0.717) is 43.3 Å². The molecule has 0 bridgehead atoms. The third kappa shape index (κ3) is 8.51. The standard InChI is InChI=1S/C19H30O7/c1-4-6-18(20)26-16-8-7-15(14-17(16)22-3)19(21)25-13-12-24-11-10-23-9-5-2/h7-8,14,18,20H,4-6,9-13H2,1-3H3. The van der Waals surface area contributed by atoms with E-state index < -0.39 is 12.3 Å². The Morgan fingerprint density at radius 1 is 1.00 bits per heavy atom. The van der Waals surface area contributed by atoms with Crippen molar-refractivity contribution in [2.24, 2.45) is 0 Å². The van der Waals surface area contributed by atoms with Crippen LogP contribution in [0.2, 0.25) is 0 Å². The lowest BCUT2D eigenvalue weighted by Crippen LogP contribution is -2.16. The van der Waals surface area contributed by atoms with E-state index >= 15 is 0 Å². The minimum absolute atomic E-state index is 0.155. The van der Waals surface area contributed by atoms with E-state index in [1.807, 2.05) is 13.8 Å². The maximum absolute atomic E-state index is 12.1. The van der Waals surface area contributed by atoms with Gasteiger partial charge in [0.05, 0.1) is 32.5 Å². The molecule has 1 unspecified atom stereocenters. The summed E-state index contributed by atoms with van der Waals surface area (Å²) in [6, 6.07) is 4.67. The Hall–Kier alpha value is -1.83. The Balaban J connectivity index is 2.41. The predicted octanol–water partition coefficient (Wildman–Crippen LogP) is 2.79. The highest BCUT2D eigenvalue weighted by Crippen LogP contribution is 2.29. The van der Waals surface area contributed by atoms with E-state index in [4.69, 9.17) is 23.7 Å². The number of esters is 1. The first-order valence-corrected chi connectivity index (χ1v) is 8.97. The van der Waals surface area contributed by atoms with Crippen LogP contribution in [0.4, 0.5) is 0 Å². The number of rotatable bonds is 14. The van der Waals surface area contributed by atoms with Crippen molar-refractivity contribution in [2.75, 3.05) is 40.1 Å². The number of hydrogen-bond donors (Lipinski definition) is 1. The third-order valence-corrected chi connectivity index (χ3v) is 3.38. The van der Waals surface area contributed by atoms with Crippen LogP contribution >= 0.6 is 0 Å². The lowest BCUT2D eigenvalue weighted by atomic mass is 10.2. The number of aliphatic hydroxyl groups is 1. The van der Waals surface area contributed by atoms with Gasteiger partial charge in [-0.25, -0.2) is 4.79 Å². The van der Waals surface area contributed by atoms with Gasteiger partial charge in [-0.2, -0.15) is 0 Å². The van der Waals surface area contributed by atoms with Crippen molar-refractivity contribution in [1.82, 2.24) is 0 Å². The van der Waals surface area contributed by atoms with Crippen LogP contribution in [0.5, 0.6) is 11.5 Å². The fraction of sp³-hybridized carbons (Fsp3) is 0.632. The molecule has 1 atom stereocenters. The van der Waals surface area contributed by atoms with Crippen LogP contribution in [-0.2, 0) is 14.2 Å². The van der Waals surface area contributed by atoms with Gasteiger partial charge in [0.25, 0.3) is 0 Å². The van der Waals surface area contributed by atoms with Gasteiger partial charge in [-0.1, -0.05) is 20.3 Å². The van der Waals surface area contributed by atoms with Crippen LogP contribution in [0.1, 0.15) is 43.5 Å². The highest BCUT2D eigenvalue weighted by atomic mass is 16.6. The SMILES string of the molecule is CCCOCCOCCOC(=O)c1ccc(OC(O)CCC)c(OC)c1. The first-order chi connectivity index (χ1) is 12.6. The van der Waals surface area contributed by atoms with E-state index in [2.05, 4.69) is 0 Å². The fourth-order valence-corrected chi connectivity index (χ4v) is 2.09.